The van der Waals surface area contributed by atoms with Crippen LogP contribution in [0.1, 0.15) is 18.4 Å². The summed E-state index contributed by atoms with van der Waals surface area (Å²) in [5, 5.41) is 9.65. The Morgan fingerprint density at radius 3 is 2.53 bits per heavy atom. The number of hydrogen-bond acceptors (Lipinski definition) is 3. The first-order valence-electron chi connectivity index (χ1n) is 6.32. The highest BCUT2D eigenvalue weighted by Crippen LogP contribution is 2.26. The molecular weight excluding hydrogens is 286 g/mol. The second-order valence-electron chi connectivity index (χ2n) is 4.94. The predicted molar refractivity (Wildman–Crippen MR) is 74.8 cm³/mol. The topological polar surface area (TPSA) is 57.6 Å². The van der Waals surface area contributed by atoms with Crippen LogP contribution >= 0.6 is 11.6 Å². The molecule has 0 bridgehead atoms. The third-order valence-corrected chi connectivity index (χ3v) is 5.92. The minimum Gasteiger partial charge on any atom is -0.396 e. The summed E-state index contributed by atoms with van der Waals surface area (Å²) in [6.07, 6.45) is 1.42. The van der Waals surface area contributed by atoms with Crippen LogP contribution in [-0.2, 0) is 10.0 Å². The largest absolute Gasteiger partial charge is 0.396 e. The maximum atomic E-state index is 12.5. The minimum atomic E-state index is -3.44. The molecular formula is C13H18ClNO3S. The fourth-order valence-electron chi connectivity index (χ4n) is 2.26. The van der Waals surface area contributed by atoms with E-state index in [-0.39, 0.29) is 17.4 Å². The average Bonchev–Trinajstić information content (AvgIpc) is 2.41. The van der Waals surface area contributed by atoms with E-state index in [0.29, 0.717) is 31.0 Å². The molecule has 0 atom stereocenters. The molecule has 1 fully saturated rings. The molecule has 0 radical (unpaired) electrons. The lowest BCUT2D eigenvalue weighted by Crippen LogP contribution is -2.39. The van der Waals surface area contributed by atoms with Gasteiger partial charge in [0, 0.05) is 24.7 Å². The summed E-state index contributed by atoms with van der Waals surface area (Å²) in [5.41, 5.74) is 0.757. The summed E-state index contributed by atoms with van der Waals surface area (Å²) < 4.78 is 26.4. The van der Waals surface area contributed by atoms with Gasteiger partial charge in [0.25, 0.3) is 0 Å². The molecule has 0 aliphatic carbocycles. The van der Waals surface area contributed by atoms with E-state index in [4.69, 9.17) is 16.7 Å². The van der Waals surface area contributed by atoms with Crippen LogP contribution in [0.4, 0.5) is 0 Å². The van der Waals surface area contributed by atoms with Gasteiger partial charge in [-0.2, -0.15) is 4.31 Å². The predicted octanol–water partition coefficient (Wildman–Crippen LogP) is 2.04. The number of aliphatic hydroxyl groups excluding tert-OH is 1. The summed E-state index contributed by atoms with van der Waals surface area (Å²) in [7, 11) is -3.44. The highest BCUT2D eigenvalue weighted by atomic mass is 35.5. The maximum absolute atomic E-state index is 12.5. The van der Waals surface area contributed by atoms with Gasteiger partial charge in [-0.1, -0.05) is 11.6 Å². The van der Waals surface area contributed by atoms with Crippen molar-refractivity contribution in [3.05, 3.63) is 28.8 Å². The molecule has 1 heterocycles. The van der Waals surface area contributed by atoms with E-state index in [1.54, 1.807) is 25.1 Å². The Kier molecular flexibility index (Phi) is 4.50. The smallest absolute Gasteiger partial charge is 0.243 e. The molecule has 0 aromatic heterocycles. The van der Waals surface area contributed by atoms with E-state index in [9.17, 15) is 8.42 Å². The van der Waals surface area contributed by atoms with Gasteiger partial charge < -0.3 is 5.11 Å². The quantitative estimate of drug-likeness (QED) is 0.929. The summed E-state index contributed by atoms with van der Waals surface area (Å²) in [6, 6.07) is 4.77. The van der Waals surface area contributed by atoms with Crippen molar-refractivity contribution in [2.45, 2.75) is 24.7 Å². The van der Waals surface area contributed by atoms with Crippen molar-refractivity contribution in [1.29, 1.82) is 0 Å². The van der Waals surface area contributed by atoms with Gasteiger partial charge in [0.2, 0.25) is 10.0 Å². The van der Waals surface area contributed by atoms with Crippen LogP contribution in [0.15, 0.2) is 23.1 Å². The second-order valence-corrected chi connectivity index (χ2v) is 7.29. The van der Waals surface area contributed by atoms with Gasteiger partial charge in [0.1, 0.15) is 0 Å². The molecule has 4 nitrogen and oxygen atoms in total. The first kappa shape index (κ1) is 14.8. The van der Waals surface area contributed by atoms with Gasteiger partial charge in [0.15, 0.2) is 0 Å². The molecule has 0 spiro atoms. The Hall–Kier alpha value is -0.620. The van der Waals surface area contributed by atoms with Crippen LogP contribution < -0.4 is 0 Å². The lowest BCUT2D eigenvalue weighted by Gasteiger charge is -2.30. The second kappa shape index (κ2) is 5.79. The third-order valence-electron chi connectivity index (χ3n) is 3.60. The lowest BCUT2D eigenvalue weighted by atomic mass is 10.00. The van der Waals surface area contributed by atoms with Crippen LogP contribution in [-0.4, -0.2) is 37.5 Å². The first-order valence-corrected chi connectivity index (χ1v) is 8.14. The molecule has 1 N–H and O–H groups in total. The molecule has 1 aliphatic rings. The van der Waals surface area contributed by atoms with E-state index >= 15 is 0 Å². The normalized spacial score (nSPS) is 18.7. The number of rotatable bonds is 3. The van der Waals surface area contributed by atoms with Gasteiger partial charge in [-0.3, -0.25) is 0 Å². The fraction of sp³-hybridized carbons (Fsp3) is 0.538. The van der Waals surface area contributed by atoms with Crippen molar-refractivity contribution in [3.8, 4) is 0 Å². The molecule has 1 aromatic carbocycles. The fourth-order valence-corrected chi connectivity index (χ4v) is 3.93. The summed E-state index contributed by atoms with van der Waals surface area (Å²) in [6.45, 7) is 2.86. The van der Waals surface area contributed by atoms with Gasteiger partial charge in [-0.15, -0.1) is 0 Å². The zero-order chi connectivity index (χ0) is 14.0. The van der Waals surface area contributed by atoms with Gasteiger partial charge >= 0.3 is 0 Å². The van der Waals surface area contributed by atoms with Crippen molar-refractivity contribution < 1.29 is 13.5 Å². The number of aryl methyl sites for hydroxylation is 1. The number of hydrogen-bond donors (Lipinski definition) is 1. The minimum absolute atomic E-state index is 0.133. The van der Waals surface area contributed by atoms with Gasteiger partial charge in [-0.25, -0.2) is 8.42 Å². The van der Waals surface area contributed by atoms with Crippen molar-refractivity contribution in [1.82, 2.24) is 4.31 Å². The van der Waals surface area contributed by atoms with Crippen molar-refractivity contribution in [2.75, 3.05) is 19.7 Å². The Bertz CT molecular complexity index is 551. The Morgan fingerprint density at radius 2 is 2.00 bits per heavy atom. The number of nitrogens with zero attached hydrogens (tertiary/aromatic N) is 1. The lowest BCUT2D eigenvalue weighted by molar-refractivity contribution is 0.170. The highest BCUT2D eigenvalue weighted by molar-refractivity contribution is 7.89. The van der Waals surface area contributed by atoms with Gasteiger partial charge in [0.05, 0.1) is 4.90 Å². The first-order chi connectivity index (χ1) is 8.95. The number of piperidine rings is 1. The molecule has 1 aromatic rings. The van der Waals surface area contributed by atoms with Crippen LogP contribution in [0.5, 0.6) is 0 Å². The van der Waals surface area contributed by atoms with E-state index in [1.807, 2.05) is 0 Å². The van der Waals surface area contributed by atoms with E-state index in [2.05, 4.69) is 0 Å². The molecule has 2 rings (SSSR count). The van der Waals surface area contributed by atoms with Crippen molar-refractivity contribution in [2.24, 2.45) is 5.92 Å². The van der Waals surface area contributed by atoms with Crippen LogP contribution in [0.25, 0.3) is 0 Å². The Balaban J connectivity index is 2.21. The monoisotopic (exact) mass is 303 g/mol. The number of aliphatic hydroxyl groups is 1. The van der Waals surface area contributed by atoms with Crippen LogP contribution in [0.2, 0.25) is 5.02 Å². The molecule has 1 aliphatic heterocycles. The number of benzene rings is 1. The van der Waals surface area contributed by atoms with E-state index in [0.717, 1.165) is 5.56 Å². The SMILES string of the molecule is Cc1cc(S(=O)(=O)N2CCC(CO)CC2)ccc1Cl. The molecule has 106 valence electrons. The molecule has 1 saturated heterocycles. The summed E-state index contributed by atoms with van der Waals surface area (Å²) in [5.74, 6) is 0.221. The highest BCUT2D eigenvalue weighted by Gasteiger charge is 2.29. The maximum Gasteiger partial charge on any atom is 0.243 e. The molecule has 19 heavy (non-hydrogen) atoms. The standard InChI is InChI=1S/C13H18ClNO3S/c1-10-8-12(2-3-13(10)14)19(17,18)15-6-4-11(9-16)5-7-15/h2-3,8,11,16H,4-7,9H2,1H3. The molecule has 0 amide bonds. The number of sulfonamides is 1. The van der Waals surface area contributed by atoms with Crippen molar-refractivity contribution >= 4 is 21.6 Å². The van der Waals surface area contributed by atoms with E-state index in [1.165, 1.54) is 4.31 Å². The molecule has 0 saturated carbocycles. The Morgan fingerprint density at radius 1 is 1.37 bits per heavy atom. The van der Waals surface area contributed by atoms with Gasteiger partial charge in [-0.05, 0) is 49.4 Å². The van der Waals surface area contributed by atoms with E-state index < -0.39 is 10.0 Å². The zero-order valence-electron chi connectivity index (χ0n) is 10.8. The summed E-state index contributed by atoms with van der Waals surface area (Å²) in [4.78, 5) is 0.289. The Labute approximate surface area is 119 Å². The van der Waals surface area contributed by atoms with Crippen LogP contribution in [0, 0.1) is 12.8 Å². The van der Waals surface area contributed by atoms with Crippen molar-refractivity contribution in [3.63, 3.8) is 0 Å². The number of halogens is 1. The molecule has 6 heteroatoms. The zero-order valence-corrected chi connectivity index (χ0v) is 12.4. The molecule has 0 unspecified atom stereocenters. The summed E-state index contributed by atoms with van der Waals surface area (Å²) >= 11 is 5.92. The average molecular weight is 304 g/mol. The third kappa shape index (κ3) is 3.11. The van der Waals surface area contributed by atoms with Crippen LogP contribution in [0.3, 0.4) is 0 Å².